The van der Waals surface area contributed by atoms with Gasteiger partial charge in [0.25, 0.3) is 0 Å². The van der Waals surface area contributed by atoms with Crippen LogP contribution in [-0.4, -0.2) is 49.3 Å². The maximum atomic E-state index is 12.7. The summed E-state index contributed by atoms with van der Waals surface area (Å²) in [5.74, 6) is 0.139. The second-order valence-corrected chi connectivity index (χ2v) is 8.22. The fraction of sp³-hybridized carbons (Fsp3) is 0.308. The lowest BCUT2D eigenvalue weighted by Crippen LogP contribution is -2.49. The van der Waals surface area contributed by atoms with Gasteiger partial charge < -0.3 is 10.2 Å². The van der Waals surface area contributed by atoms with Gasteiger partial charge in [-0.2, -0.15) is 0 Å². The third-order valence-corrected chi connectivity index (χ3v) is 6.05. The van der Waals surface area contributed by atoms with E-state index in [9.17, 15) is 9.59 Å². The average molecular weight is 416 g/mol. The number of amides is 1. The molecule has 3 aromatic carbocycles. The van der Waals surface area contributed by atoms with Crippen LogP contribution in [-0.2, 0) is 4.79 Å². The highest BCUT2D eigenvalue weighted by Crippen LogP contribution is 2.24. The van der Waals surface area contributed by atoms with Crippen LogP contribution in [0.15, 0.2) is 66.7 Å². The number of piperazine rings is 1. The molecule has 0 unspecified atom stereocenters. The highest BCUT2D eigenvalue weighted by atomic mass is 16.2. The maximum absolute atomic E-state index is 12.7. The van der Waals surface area contributed by atoms with Gasteiger partial charge in [-0.3, -0.25) is 14.5 Å². The van der Waals surface area contributed by atoms with Gasteiger partial charge in [0.15, 0.2) is 5.78 Å². The Labute approximate surface area is 183 Å². The number of fused-ring (bicyclic) bond motifs is 1. The Balaban J connectivity index is 1.30. The molecule has 1 aliphatic heterocycles. The minimum Gasteiger partial charge on any atom is -0.369 e. The van der Waals surface area contributed by atoms with Gasteiger partial charge in [0.05, 0.1) is 12.6 Å². The highest BCUT2D eigenvalue weighted by molar-refractivity contribution is 5.94. The molecule has 3 aromatic rings. The van der Waals surface area contributed by atoms with Crippen LogP contribution < -0.4 is 10.2 Å². The van der Waals surface area contributed by atoms with Crippen molar-refractivity contribution in [3.8, 4) is 0 Å². The van der Waals surface area contributed by atoms with Gasteiger partial charge in [-0.1, -0.05) is 42.5 Å². The molecular formula is C26H29N3O2. The molecular weight excluding hydrogens is 386 g/mol. The molecule has 1 amide bonds. The summed E-state index contributed by atoms with van der Waals surface area (Å²) >= 11 is 0. The number of hydrogen-bond acceptors (Lipinski definition) is 4. The fourth-order valence-electron chi connectivity index (χ4n) is 4.27. The van der Waals surface area contributed by atoms with Crippen molar-refractivity contribution in [3.05, 3.63) is 77.9 Å². The lowest BCUT2D eigenvalue weighted by atomic mass is 10.00. The van der Waals surface area contributed by atoms with Gasteiger partial charge in [0.2, 0.25) is 5.91 Å². The molecule has 1 heterocycles. The lowest BCUT2D eigenvalue weighted by molar-refractivity contribution is -0.123. The molecule has 0 spiro atoms. The molecule has 1 fully saturated rings. The molecule has 1 saturated heterocycles. The van der Waals surface area contributed by atoms with E-state index in [0.29, 0.717) is 6.54 Å². The summed E-state index contributed by atoms with van der Waals surface area (Å²) in [4.78, 5) is 28.6. The quantitative estimate of drug-likeness (QED) is 0.618. The van der Waals surface area contributed by atoms with Crippen LogP contribution in [0.4, 0.5) is 5.69 Å². The van der Waals surface area contributed by atoms with Crippen molar-refractivity contribution < 1.29 is 9.59 Å². The summed E-state index contributed by atoms with van der Waals surface area (Å²) in [7, 11) is 0. The van der Waals surface area contributed by atoms with Crippen LogP contribution in [0.25, 0.3) is 10.8 Å². The number of carbonyl (C=O) groups is 2. The van der Waals surface area contributed by atoms with Gasteiger partial charge in [-0.05, 0) is 54.4 Å². The number of benzene rings is 3. The molecule has 0 aliphatic carbocycles. The van der Waals surface area contributed by atoms with Gasteiger partial charge in [0, 0.05) is 37.4 Å². The first-order valence-electron chi connectivity index (χ1n) is 10.9. The second-order valence-electron chi connectivity index (χ2n) is 8.22. The summed E-state index contributed by atoms with van der Waals surface area (Å²) < 4.78 is 0. The largest absolute Gasteiger partial charge is 0.369 e. The minimum atomic E-state index is -0.0420. The molecule has 1 atom stereocenters. The van der Waals surface area contributed by atoms with Gasteiger partial charge in [-0.25, -0.2) is 0 Å². The van der Waals surface area contributed by atoms with Crippen molar-refractivity contribution in [3.63, 3.8) is 0 Å². The molecule has 160 valence electrons. The average Bonchev–Trinajstić information content (AvgIpc) is 2.79. The molecule has 1 N–H and O–H groups in total. The fourth-order valence-corrected chi connectivity index (χ4v) is 4.27. The molecule has 0 aromatic heterocycles. The Hall–Kier alpha value is -3.18. The van der Waals surface area contributed by atoms with Gasteiger partial charge in [0.1, 0.15) is 0 Å². The van der Waals surface area contributed by atoms with Crippen molar-refractivity contribution in [2.75, 3.05) is 37.6 Å². The van der Waals surface area contributed by atoms with Crippen LogP contribution in [0.3, 0.4) is 0 Å². The van der Waals surface area contributed by atoms with Crippen LogP contribution in [0.5, 0.6) is 0 Å². The molecule has 5 heteroatoms. The molecule has 0 radical (unpaired) electrons. The zero-order chi connectivity index (χ0) is 21.8. The predicted octanol–water partition coefficient (Wildman–Crippen LogP) is 4.04. The maximum Gasteiger partial charge on any atom is 0.234 e. The van der Waals surface area contributed by atoms with Gasteiger partial charge >= 0.3 is 0 Å². The number of carbonyl (C=O) groups excluding carboxylic acids is 2. The lowest BCUT2D eigenvalue weighted by Gasteiger charge is -2.36. The molecule has 0 saturated carbocycles. The number of Topliss-reactive ketones (excluding diaryl/α,β-unsaturated/α-hetero) is 1. The van der Waals surface area contributed by atoms with Crippen molar-refractivity contribution >= 4 is 28.2 Å². The second kappa shape index (κ2) is 9.31. The third-order valence-electron chi connectivity index (χ3n) is 6.05. The van der Waals surface area contributed by atoms with E-state index >= 15 is 0 Å². The topological polar surface area (TPSA) is 52.7 Å². The predicted molar refractivity (Wildman–Crippen MR) is 126 cm³/mol. The van der Waals surface area contributed by atoms with E-state index in [1.807, 2.05) is 49.4 Å². The molecule has 0 bridgehead atoms. The Kier molecular flexibility index (Phi) is 6.33. The normalized spacial score (nSPS) is 15.6. The van der Waals surface area contributed by atoms with E-state index in [0.717, 1.165) is 43.0 Å². The highest BCUT2D eigenvalue weighted by Gasteiger charge is 2.20. The smallest absolute Gasteiger partial charge is 0.234 e. The molecule has 1 aliphatic rings. The van der Waals surface area contributed by atoms with Crippen molar-refractivity contribution in [2.45, 2.75) is 19.9 Å². The summed E-state index contributed by atoms with van der Waals surface area (Å²) in [5.41, 5.74) is 3.00. The number of ketones is 1. The number of anilines is 1. The first-order valence-corrected chi connectivity index (χ1v) is 10.9. The number of hydrogen-bond donors (Lipinski definition) is 1. The Morgan fingerprint density at radius 2 is 1.58 bits per heavy atom. The Morgan fingerprint density at radius 1 is 0.903 bits per heavy atom. The zero-order valence-electron chi connectivity index (χ0n) is 18.2. The van der Waals surface area contributed by atoms with E-state index in [1.54, 1.807) is 6.92 Å². The van der Waals surface area contributed by atoms with Crippen LogP contribution in [0.2, 0.25) is 0 Å². The summed E-state index contributed by atoms with van der Waals surface area (Å²) in [6, 6.07) is 22.2. The van der Waals surface area contributed by atoms with E-state index in [4.69, 9.17) is 0 Å². The zero-order valence-corrected chi connectivity index (χ0v) is 18.2. The molecule has 5 nitrogen and oxygen atoms in total. The summed E-state index contributed by atoms with van der Waals surface area (Å²) in [6.07, 6.45) is 0. The van der Waals surface area contributed by atoms with E-state index < -0.39 is 0 Å². The van der Waals surface area contributed by atoms with Crippen LogP contribution in [0, 0.1) is 0 Å². The van der Waals surface area contributed by atoms with E-state index in [-0.39, 0.29) is 17.7 Å². The summed E-state index contributed by atoms with van der Waals surface area (Å²) in [6.45, 7) is 7.45. The number of rotatable bonds is 6. The first-order chi connectivity index (χ1) is 15.0. The van der Waals surface area contributed by atoms with Crippen molar-refractivity contribution in [1.29, 1.82) is 0 Å². The number of nitrogens with zero attached hydrogens (tertiary/aromatic N) is 2. The minimum absolute atomic E-state index is 0.0420. The van der Waals surface area contributed by atoms with Gasteiger partial charge in [-0.15, -0.1) is 0 Å². The molecule has 4 rings (SSSR count). The SMILES string of the molecule is CC(=O)c1ccc(N2CCN(CC(=O)N[C@H](C)c3cccc4ccccc34)CC2)cc1. The molecule has 31 heavy (non-hydrogen) atoms. The Bertz CT molecular complexity index is 1060. The third kappa shape index (κ3) is 4.94. The van der Waals surface area contributed by atoms with E-state index in [1.165, 1.54) is 10.8 Å². The standard InChI is InChI=1S/C26H29N3O2/c1-19(24-9-5-7-22-6-3-4-8-25(22)24)27-26(31)18-28-14-16-29(17-15-28)23-12-10-21(11-13-23)20(2)30/h3-13,19H,14-18H2,1-2H3,(H,27,31)/t19-/m1/s1. The Morgan fingerprint density at radius 3 is 2.29 bits per heavy atom. The van der Waals surface area contributed by atoms with Crippen LogP contribution >= 0.6 is 0 Å². The number of nitrogens with one attached hydrogen (secondary N) is 1. The van der Waals surface area contributed by atoms with Crippen molar-refractivity contribution in [1.82, 2.24) is 10.2 Å². The monoisotopic (exact) mass is 415 g/mol. The van der Waals surface area contributed by atoms with Crippen LogP contribution in [0.1, 0.15) is 35.8 Å². The van der Waals surface area contributed by atoms with E-state index in [2.05, 4.69) is 39.4 Å². The first kappa shape index (κ1) is 21.1. The summed E-state index contributed by atoms with van der Waals surface area (Å²) in [5, 5.41) is 5.54. The van der Waals surface area contributed by atoms with Crippen molar-refractivity contribution in [2.24, 2.45) is 0 Å².